The van der Waals surface area contributed by atoms with Gasteiger partial charge in [-0.15, -0.1) is 0 Å². The monoisotopic (exact) mass is 293 g/mol. The summed E-state index contributed by atoms with van der Waals surface area (Å²) < 4.78 is 0. The SMILES string of the molecule is CCCCCCCCCCCCC(N)CC1=CCCCC1. The van der Waals surface area contributed by atoms with Gasteiger partial charge in [0.2, 0.25) is 0 Å². The summed E-state index contributed by atoms with van der Waals surface area (Å²) in [7, 11) is 0. The molecule has 0 aromatic heterocycles. The van der Waals surface area contributed by atoms with Crippen molar-refractivity contribution in [1.29, 1.82) is 0 Å². The van der Waals surface area contributed by atoms with Gasteiger partial charge in [0.25, 0.3) is 0 Å². The first-order chi connectivity index (χ1) is 10.3. The molecule has 0 fully saturated rings. The zero-order valence-corrected chi connectivity index (χ0v) is 14.5. The summed E-state index contributed by atoms with van der Waals surface area (Å²) >= 11 is 0. The average molecular weight is 294 g/mol. The highest BCUT2D eigenvalue weighted by Gasteiger charge is 2.08. The van der Waals surface area contributed by atoms with Gasteiger partial charge in [-0.1, -0.05) is 82.8 Å². The smallest absolute Gasteiger partial charge is 0.00760 e. The van der Waals surface area contributed by atoms with E-state index in [0.29, 0.717) is 6.04 Å². The van der Waals surface area contributed by atoms with Gasteiger partial charge >= 0.3 is 0 Å². The Morgan fingerprint density at radius 2 is 1.52 bits per heavy atom. The Morgan fingerprint density at radius 3 is 2.10 bits per heavy atom. The lowest BCUT2D eigenvalue weighted by Gasteiger charge is -2.17. The van der Waals surface area contributed by atoms with Crippen molar-refractivity contribution >= 4 is 0 Å². The predicted octanol–water partition coefficient (Wildman–Crippen LogP) is 6.52. The van der Waals surface area contributed by atoms with Crippen LogP contribution in [0.25, 0.3) is 0 Å². The molecule has 0 aromatic carbocycles. The molecule has 1 nitrogen and oxygen atoms in total. The van der Waals surface area contributed by atoms with Crippen LogP contribution in [-0.4, -0.2) is 6.04 Å². The Kier molecular flexibility index (Phi) is 11.9. The van der Waals surface area contributed by atoms with Crippen LogP contribution < -0.4 is 5.73 Å². The van der Waals surface area contributed by atoms with Crippen LogP contribution in [0.3, 0.4) is 0 Å². The van der Waals surface area contributed by atoms with E-state index in [-0.39, 0.29) is 0 Å². The highest BCUT2D eigenvalue weighted by atomic mass is 14.6. The van der Waals surface area contributed by atoms with Crippen LogP contribution in [0.2, 0.25) is 0 Å². The van der Waals surface area contributed by atoms with Crippen LogP contribution in [0.5, 0.6) is 0 Å². The molecular weight excluding hydrogens is 254 g/mol. The topological polar surface area (TPSA) is 26.0 Å². The van der Waals surface area contributed by atoms with E-state index >= 15 is 0 Å². The average Bonchev–Trinajstić information content (AvgIpc) is 2.50. The fraction of sp³-hybridized carbons (Fsp3) is 0.900. The molecule has 0 aliphatic heterocycles. The van der Waals surface area contributed by atoms with E-state index in [1.807, 2.05) is 0 Å². The van der Waals surface area contributed by atoms with Crippen molar-refractivity contribution in [3.05, 3.63) is 11.6 Å². The first-order valence-electron chi connectivity index (χ1n) is 9.76. The van der Waals surface area contributed by atoms with E-state index in [2.05, 4.69) is 13.0 Å². The molecule has 124 valence electrons. The minimum Gasteiger partial charge on any atom is -0.327 e. The van der Waals surface area contributed by atoms with Crippen molar-refractivity contribution in [3.63, 3.8) is 0 Å². The fourth-order valence-corrected chi connectivity index (χ4v) is 3.42. The molecule has 2 N–H and O–H groups in total. The van der Waals surface area contributed by atoms with Crippen molar-refractivity contribution in [2.24, 2.45) is 5.73 Å². The summed E-state index contributed by atoms with van der Waals surface area (Å²) in [5, 5.41) is 0. The highest BCUT2D eigenvalue weighted by molar-refractivity contribution is 5.06. The summed E-state index contributed by atoms with van der Waals surface area (Å²) in [5.74, 6) is 0. The van der Waals surface area contributed by atoms with Gasteiger partial charge in [0.05, 0.1) is 0 Å². The van der Waals surface area contributed by atoms with Crippen LogP contribution in [0, 0.1) is 0 Å². The maximum atomic E-state index is 6.27. The van der Waals surface area contributed by atoms with Gasteiger partial charge in [0, 0.05) is 6.04 Å². The summed E-state index contributed by atoms with van der Waals surface area (Å²) in [6.07, 6.45) is 24.4. The van der Waals surface area contributed by atoms with E-state index in [9.17, 15) is 0 Å². The van der Waals surface area contributed by atoms with E-state index in [1.54, 1.807) is 5.57 Å². The lowest BCUT2D eigenvalue weighted by atomic mass is 9.92. The van der Waals surface area contributed by atoms with Crippen molar-refractivity contribution in [2.75, 3.05) is 0 Å². The van der Waals surface area contributed by atoms with Crippen molar-refractivity contribution < 1.29 is 0 Å². The molecule has 0 bridgehead atoms. The minimum absolute atomic E-state index is 0.420. The normalized spacial score (nSPS) is 16.8. The highest BCUT2D eigenvalue weighted by Crippen LogP contribution is 2.22. The Balaban J connectivity index is 1.84. The molecule has 21 heavy (non-hydrogen) atoms. The molecule has 0 heterocycles. The Hall–Kier alpha value is -0.300. The third kappa shape index (κ3) is 11.0. The lowest BCUT2D eigenvalue weighted by molar-refractivity contribution is 0.512. The number of allylic oxidation sites excluding steroid dienone is 1. The van der Waals surface area contributed by atoms with Gasteiger partial charge in [-0.25, -0.2) is 0 Å². The maximum Gasteiger partial charge on any atom is 0.00760 e. The molecule has 1 aliphatic carbocycles. The fourth-order valence-electron chi connectivity index (χ4n) is 3.42. The van der Waals surface area contributed by atoms with Gasteiger partial charge in [-0.2, -0.15) is 0 Å². The molecule has 0 saturated heterocycles. The minimum atomic E-state index is 0.420. The largest absolute Gasteiger partial charge is 0.327 e. The quantitative estimate of drug-likeness (QED) is 0.304. The third-order valence-corrected chi connectivity index (χ3v) is 4.84. The maximum absolute atomic E-state index is 6.27. The number of hydrogen-bond donors (Lipinski definition) is 1. The third-order valence-electron chi connectivity index (χ3n) is 4.84. The molecule has 0 amide bonds. The Morgan fingerprint density at radius 1 is 0.905 bits per heavy atom. The van der Waals surface area contributed by atoms with Gasteiger partial charge in [0.1, 0.15) is 0 Å². The van der Waals surface area contributed by atoms with Gasteiger partial charge < -0.3 is 5.73 Å². The first kappa shape index (κ1) is 18.7. The zero-order chi connectivity index (χ0) is 15.2. The summed E-state index contributed by atoms with van der Waals surface area (Å²) in [5.41, 5.74) is 7.91. The molecule has 1 atom stereocenters. The van der Waals surface area contributed by atoms with Gasteiger partial charge in [0.15, 0.2) is 0 Å². The summed E-state index contributed by atoms with van der Waals surface area (Å²) in [4.78, 5) is 0. The molecule has 0 radical (unpaired) electrons. The molecule has 0 saturated carbocycles. The van der Waals surface area contributed by atoms with E-state index in [0.717, 1.165) is 6.42 Å². The van der Waals surface area contributed by atoms with E-state index in [4.69, 9.17) is 5.73 Å². The second-order valence-corrected chi connectivity index (χ2v) is 7.04. The molecule has 1 heteroatoms. The molecule has 1 rings (SSSR count). The number of rotatable bonds is 13. The van der Waals surface area contributed by atoms with E-state index in [1.165, 1.54) is 96.3 Å². The van der Waals surface area contributed by atoms with Crippen LogP contribution >= 0.6 is 0 Å². The van der Waals surface area contributed by atoms with Crippen molar-refractivity contribution in [3.8, 4) is 0 Å². The molecular formula is C20H39N. The van der Waals surface area contributed by atoms with Crippen LogP contribution in [-0.2, 0) is 0 Å². The lowest BCUT2D eigenvalue weighted by Crippen LogP contribution is -2.20. The first-order valence-corrected chi connectivity index (χ1v) is 9.76. The molecule has 0 spiro atoms. The molecule has 0 aromatic rings. The second-order valence-electron chi connectivity index (χ2n) is 7.04. The van der Waals surface area contributed by atoms with Gasteiger partial charge in [-0.05, 0) is 38.5 Å². The Bertz CT molecular complexity index is 257. The molecule has 1 unspecified atom stereocenters. The number of nitrogens with two attached hydrogens (primary N) is 1. The number of unbranched alkanes of at least 4 members (excludes halogenated alkanes) is 9. The number of hydrogen-bond acceptors (Lipinski definition) is 1. The van der Waals surface area contributed by atoms with Crippen LogP contribution in [0.4, 0.5) is 0 Å². The van der Waals surface area contributed by atoms with E-state index < -0.39 is 0 Å². The van der Waals surface area contributed by atoms with Crippen molar-refractivity contribution in [1.82, 2.24) is 0 Å². The Labute approximate surface area is 133 Å². The summed E-state index contributed by atoms with van der Waals surface area (Å²) in [6, 6.07) is 0.420. The van der Waals surface area contributed by atoms with Crippen molar-refractivity contribution in [2.45, 2.75) is 116 Å². The van der Waals surface area contributed by atoms with Crippen LogP contribution in [0.1, 0.15) is 110 Å². The van der Waals surface area contributed by atoms with Crippen LogP contribution in [0.15, 0.2) is 11.6 Å². The second kappa shape index (κ2) is 13.4. The molecule has 1 aliphatic rings. The predicted molar refractivity (Wildman–Crippen MR) is 95.6 cm³/mol. The summed E-state index contributed by atoms with van der Waals surface area (Å²) in [6.45, 7) is 2.29. The zero-order valence-electron chi connectivity index (χ0n) is 14.5. The van der Waals surface area contributed by atoms with Gasteiger partial charge in [-0.3, -0.25) is 0 Å². The standard InChI is InChI=1S/C20H39N/c1-2-3-4-5-6-7-8-9-10-14-17-20(21)18-19-15-12-11-13-16-19/h15,20H,2-14,16-18,21H2,1H3.